The van der Waals surface area contributed by atoms with E-state index in [0.29, 0.717) is 23.8 Å². The smallest absolute Gasteiger partial charge is 0.243 e. The van der Waals surface area contributed by atoms with Crippen molar-refractivity contribution in [2.45, 2.75) is 24.8 Å². The van der Waals surface area contributed by atoms with Gasteiger partial charge >= 0.3 is 0 Å². The Kier molecular flexibility index (Phi) is 7.04. The fourth-order valence-corrected chi connectivity index (χ4v) is 4.92. The Balaban J connectivity index is 1.69. The molecule has 1 fully saturated rings. The van der Waals surface area contributed by atoms with E-state index in [2.05, 4.69) is 5.32 Å². The quantitative estimate of drug-likeness (QED) is 0.754. The summed E-state index contributed by atoms with van der Waals surface area (Å²) in [5.74, 6) is 1.54. The van der Waals surface area contributed by atoms with Crippen LogP contribution >= 0.6 is 11.8 Å². The van der Waals surface area contributed by atoms with E-state index in [9.17, 15) is 9.59 Å². The molecule has 3 rings (SSSR count). The summed E-state index contributed by atoms with van der Waals surface area (Å²) in [6.07, 6.45) is 0.756. The minimum absolute atomic E-state index is 0.119. The van der Waals surface area contributed by atoms with Crippen LogP contribution in [0.4, 0.5) is 0 Å². The van der Waals surface area contributed by atoms with E-state index in [1.54, 1.807) is 30.9 Å². The van der Waals surface area contributed by atoms with Crippen LogP contribution in [0.5, 0.6) is 11.5 Å². The van der Waals surface area contributed by atoms with Crippen molar-refractivity contribution in [1.82, 2.24) is 10.2 Å². The Bertz CT molecular complexity index is 859. The Morgan fingerprint density at radius 1 is 1.10 bits per heavy atom. The lowest BCUT2D eigenvalue weighted by molar-refractivity contribution is -0.138. The molecule has 154 valence electrons. The van der Waals surface area contributed by atoms with Crippen molar-refractivity contribution in [1.29, 1.82) is 0 Å². The topological polar surface area (TPSA) is 67.9 Å². The van der Waals surface area contributed by atoms with E-state index in [1.807, 2.05) is 48.5 Å². The first-order chi connectivity index (χ1) is 14.0. The largest absolute Gasteiger partial charge is 0.493 e. The van der Waals surface area contributed by atoms with E-state index in [-0.39, 0.29) is 17.2 Å². The Hall–Kier alpha value is -2.67. The number of carbonyl (C=O) groups excluding carboxylic acids is 2. The number of ether oxygens (including phenoxy) is 2. The van der Waals surface area contributed by atoms with Gasteiger partial charge in [-0.2, -0.15) is 0 Å². The summed E-state index contributed by atoms with van der Waals surface area (Å²) >= 11 is 1.58. The predicted octanol–water partition coefficient (Wildman–Crippen LogP) is 3.03. The summed E-state index contributed by atoms with van der Waals surface area (Å²) < 4.78 is 10.7. The van der Waals surface area contributed by atoms with Crippen molar-refractivity contribution < 1.29 is 19.1 Å². The number of nitrogens with zero attached hydrogens (tertiary/aromatic N) is 1. The van der Waals surface area contributed by atoms with E-state index >= 15 is 0 Å². The van der Waals surface area contributed by atoms with Gasteiger partial charge in [0.05, 0.1) is 14.2 Å². The molecule has 1 aliphatic heterocycles. The standard InChI is InChI=1S/C22H26N2O4S/c1-15(25)24-18(21(26)23-12-11-16-7-5-4-6-8-16)14-29-22(24)17-9-10-19(27-2)20(13-17)28-3/h4-10,13,18,22H,11-12,14H2,1-3H3,(H,23,26)/t18-,22+/m0/s1. The second-order valence-corrected chi connectivity index (χ2v) is 7.88. The van der Waals surface area contributed by atoms with Crippen LogP contribution in [0.25, 0.3) is 0 Å². The molecule has 7 heteroatoms. The lowest BCUT2D eigenvalue weighted by atomic mass is 10.1. The molecule has 1 aliphatic rings. The second-order valence-electron chi connectivity index (χ2n) is 6.77. The zero-order valence-electron chi connectivity index (χ0n) is 16.9. The maximum atomic E-state index is 12.8. The van der Waals surface area contributed by atoms with Gasteiger partial charge in [0, 0.05) is 19.2 Å². The van der Waals surface area contributed by atoms with Crippen LogP contribution < -0.4 is 14.8 Å². The van der Waals surface area contributed by atoms with Gasteiger partial charge < -0.3 is 19.7 Å². The van der Waals surface area contributed by atoms with Crippen molar-refractivity contribution in [3.63, 3.8) is 0 Å². The van der Waals surface area contributed by atoms with Crippen molar-refractivity contribution in [3.8, 4) is 11.5 Å². The van der Waals surface area contributed by atoms with Crippen LogP contribution in [-0.2, 0) is 16.0 Å². The van der Waals surface area contributed by atoms with Gasteiger partial charge in [-0.25, -0.2) is 0 Å². The molecule has 0 unspecified atom stereocenters. The molecule has 0 spiro atoms. The maximum absolute atomic E-state index is 12.8. The molecule has 2 amide bonds. The Morgan fingerprint density at radius 3 is 2.48 bits per heavy atom. The molecule has 6 nitrogen and oxygen atoms in total. The average molecular weight is 415 g/mol. The molecular formula is C22H26N2O4S. The first-order valence-corrected chi connectivity index (χ1v) is 10.5. The molecular weight excluding hydrogens is 388 g/mol. The number of thioether (sulfide) groups is 1. The molecule has 0 radical (unpaired) electrons. The van der Waals surface area contributed by atoms with Crippen LogP contribution in [0.15, 0.2) is 48.5 Å². The highest BCUT2D eigenvalue weighted by molar-refractivity contribution is 7.99. The fraction of sp³-hybridized carbons (Fsp3) is 0.364. The first kappa shape index (κ1) is 21.0. The second kappa shape index (κ2) is 9.69. The molecule has 1 heterocycles. The third-order valence-electron chi connectivity index (χ3n) is 4.92. The molecule has 0 saturated carbocycles. The molecule has 29 heavy (non-hydrogen) atoms. The highest BCUT2D eigenvalue weighted by Crippen LogP contribution is 2.43. The van der Waals surface area contributed by atoms with Crippen molar-refractivity contribution in [2.24, 2.45) is 0 Å². The highest BCUT2D eigenvalue weighted by atomic mass is 32.2. The number of benzene rings is 2. The van der Waals surface area contributed by atoms with Crippen LogP contribution in [0.2, 0.25) is 0 Å². The third-order valence-corrected chi connectivity index (χ3v) is 6.24. The lowest BCUT2D eigenvalue weighted by Gasteiger charge is -2.28. The third kappa shape index (κ3) is 4.85. The summed E-state index contributed by atoms with van der Waals surface area (Å²) in [6, 6.07) is 15.1. The molecule has 0 bridgehead atoms. The summed E-state index contributed by atoms with van der Waals surface area (Å²) in [7, 11) is 3.16. The predicted molar refractivity (Wildman–Crippen MR) is 114 cm³/mol. The SMILES string of the molecule is COc1ccc([C@H]2SC[C@@H](C(=O)NCCc3ccccc3)N2C(C)=O)cc1OC. The number of hydrogen-bond acceptors (Lipinski definition) is 5. The van der Waals surface area contributed by atoms with E-state index in [4.69, 9.17) is 9.47 Å². The van der Waals surface area contributed by atoms with Gasteiger partial charge in [0.1, 0.15) is 11.4 Å². The highest BCUT2D eigenvalue weighted by Gasteiger charge is 2.41. The number of amides is 2. The van der Waals surface area contributed by atoms with Crippen molar-refractivity contribution in [2.75, 3.05) is 26.5 Å². The molecule has 0 aliphatic carbocycles. The maximum Gasteiger partial charge on any atom is 0.243 e. The fourth-order valence-electron chi connectivity index (χ4n) is 3.45. The summed E-state index contributed by atoms with van der Waals surface area (Å²) in [6.45, 7) is 2.04. The first-order valence-electron chi connectivity index (χ1n) is 9.49. The van der Waals surface area contributed by atoms with Gasteiger partial charge in [0.15, 0.2) is 11.5 Å². The molecule has 2 aromatic carbocycles. The van der Waals surface area contributed by atoms with Crippen LogP contribution in [0.1, 0.15) is 23.4 Å². The Morgan fingerprint density at radius 2 is 1.83 bits per heavy atom. The molecule has 1 N–H and O–H groups in total. The van der Waals surface area contributed by atoms with E-state index in [0.717, 1.165) is 12.0 Å². The number of hydrogen-bond donors (Lipinski definition) is 1. The average Bonchev–Trinajstić information content (AvgIpc) is 3.19. The van der Waals surface area contributed by atoms with Crippen LogP contribution in [0.3, 0.4) is 0 Å². The van der Waals surface area contributed by atoms with Crippen LogP contribution in [-0.4, -0.2) is 49.3 Å². The minimum Gasteiger partial charge on any atom is -0.493 e. The van der Waals surface area contributed by atoms with Crippen molar-refractivity contribution in [3.05, 3.63) is 59.7 Å². The summed E-state index contributed by atoms with van der Waals surface area (Å²) in [5, 5.41) is 2.74. The number of rotatable bonds is 7. The molecule has 1 saturated heterocycles. The van der Waals surface area contributed by atoms with Gasteiger partial charge in [-0.1, -0.05) is 36.4 Å². The molecule has 2 atom stereocenters. The van der Waals surface area contributed by atoms with Gasteiger partial charge in [-0.3, -0.25) is 9.59 Å². The Labute approximate surface area is 175 Å². The zero-order chi connectivity index (χ0) is 20.8. The minimum atomic E-state index is -0.494. The lowest BCUT2D eigenvalue weighted by Crippen LogP contribution is -2.47. The summed E-state index contributed by atoms with van der Waals surface area (Å²) in [4.78, 5) is 26.8. The summed E-state index contributed by atoms with van der Waals surface area (Å²) in [5.41, 5.74) is 2.07. The van der Waals surface area contributed by atoms with E-state index < -0.39 is 6.04 Å². The van der Waals surface area contributed by atoms with Gasteiger partial charge in [-0.15, -0.1) is 11.8 Å². The number of carbonyl (C=O) groups is 2. The monoisotopic (exact) mass is 414 g/mol. The number of nitrogens with one attached hydrogen (secondary N) is 1. The van der Waals surface area contributed by atoms with Gasteiger partial charge in [-0.05, 0) is 29.7 Å². The number of methoxy groups -OCH3 is 2. The zero-order valence-corrected chi connectivity index (χ0v) is 17.7. The van der Waals surface area contributed by atoms with E-state index in [1.165, 1.54) is 12.5 Å². The van der Waals surface area contributed by atoms with Gasteiger partial charge in [0.25, 0.3) is 0 Å². The molecule has 0 aromatic heterocycles. The van der Waals surface area contributed by atoms with Crippen molar-refractivity contribution >= 4 is 23.6 Å². The molecule has 2 aromatic rings. The van der Waals surface area contributed by atoms with Gasteiger partial charge in [0.2, 0.25) is 11.8 Å². The normalized spacial score (nSPS) is 18.4. The van der Waals surface area contributed by atoms with Crippen LogP contribution in [0, 0.1) is 0 Å².